The number of nitrogens with zero attached hydrogens (tertiary/aromatic N) is 3. The van der Waals surface area contributed by atoms with Gasteiger partial charge in [0.1, 0.15) is 0 Å². The third-order valence-corrected chi connectivity index (χ3v) is 6.22. The number of imidazole rings is 1. The Morgan fingerprint density at radius 3 is 2.29 bits per heavy atom. The van der Waals surface area contributed by atoms with Crippen LogP contribution < -0.4 is 10.1 Å². The molecule has 6 nitrogen and oxygen atoms in total. The molecule has 1 fully saturated rings. The first-order chi connectivity index (χ1) is 16.8. The van der Waals surface area contributed by atoms with E-state index >= 15 is 0 Å². The van der Waals surface area contributed by atoms with Gasteiger partial charge >= 0.3 is 6.01 Å². The molecular formula is C28H28N4O2. The Hall–Kier alpha value is -3.90. The Labute approximate surface area is 199 Å². The number of ether oxygens (including phenoxy) is 1. The van der Waals surface area contributed by atoms with E-state index in [1.54, 1.807) is 7.11 Å². The number of carbonyl (C=O) groups excluding carboxylic acids is 1. The molecule has 3 aromatic carbocycles. The van der Waals surface area contributed by atoms with E-state index in [4.69, 9.17) is 9.72 Å². The molecule has 6 heteroatoms. The number of rotatable bonds is 6. The second-order valence-electron chi connectivity index (χ2n) is 8.38. The number of amides is 1. The largest absolute Gasteiger partial charge is 0.468 e. The quantitative estimate of drug-likeness (QED) is 0.476. The molecule has 1 aromatic heterocycles. The first-order valence-electron chi connectivity index (χ1n) is 11.6. The molecule has 0 unspecified atom stereocenters. The van der Waals surface area contributed by atoms with Crippen molar-refractivity contribution in [2.24, 2.45) is 0 Å². The number of piperazine rings is 1. The minimum absolute atomic E-state index is 0.0418. The lowest BCUT2D eigenvalue weighted by molar-refractivity contribution is 0.0631. The number of methoxy groups -OCH3 is 1. The first kappa shape index (κ1) is 21.9. The summed E-state index contributed by atoms with van der Waals surface area (Å²) in [7, 11) is 1.59. The van der Waals surface area contributed by atoms with Gasteiger partial charge < -0.3 is 15.0 Å². The second-order valence-corrected chi connectivity index (χ2v) is 8.38. The average molecular weight is 453 g/mol. The Morgan fingerprint density at radius 2 is 1.62 bits per heavy atom. The van der Waals surface area contributed by atoms with Gasteiger partial charge in [-0.1, -0.05) is 78.9 Å². The molecule has 0 spiro atoms. The highest BCUT2D eigenvalue weighted by atomic mass is 16.5. The average Bonchev–Trinajstić information content (AvgIpc) is 3.30. The molecule has 4 aromatic rings. The van der Waals surface area contributed by atoms with Crippen molar-refractivity contribution in [1.82, 2.24) is 19.8 Å². The van der Waals surface area contributed by atoms with Crippen LogP contribution in [0.3, 0.4) is 0 Å². The number of para-hydroxylation sites is 1. The molecule has 0 aliphatic carbocycles. The summed E-state index contributed by atoms with van der Waals surface area (Å²) in [5.74, 6) is -0.0748. The smallest absolute Gasteiger partial charge is 0.302 e. The summed E-state index contributed by atoms with van der Waals surface area (Å²) in [6.45, 7) is 2.14. The first-order valence-corrected chi connectivity index (χ1v) is 11.6. The Bertz CT molecular complexity index is 1240. The number of carbonyl (C=O) groups is 1. The topological polar surface area (TPSA) is 59.4 Å². The zero-order valence-electron chi connectivity index (χ0n) is 19.2. The van der Waals surface area contributed by atoms with Crippen molar-refractivity contribution >= 4 is 5.91 Å². The fourth-order valence-electron chi connectivity index (χ4n) is 4.60. The Balaban J connectivity index is 1.60. The summed E-state index contributed by atoms with van der Waals surface area (Å²) in [4.78, 5) is 20.8. The minimum Gasteiger partial charge on any atom is -0.468 e. The van der Waals surface area contributed by atoms with E-state index in [-0.39, 0.29) is 11.9 Å². The van der Waals surface area contributed by atoms with Gasteiger partial charge in [-0.2, -0.15) is 4.98 Å². The maximum Gasteiger partial charge on any atom is 0.302 e. The van der Waals surface area contributed by atoms with Gasteiger partial charge in [-0.15, -0.1) is 0 Å². The summed E-state index contributed by atoms with van der Waals surface area (Å²) >= 11 is 0. The summed E-state index contributed by atoms with van der Waals surface area (Å²) in [5, 5.41) is 3.45. The van der Waals surface area contributed by atoms with Gasteiger partial charge in [0.2, 0.25) is 0 Å². The van der Waals surface area contributed by atoms with Gasteiger partial charge in [-0.3, -0.25) is 9.36 Å². The summed E-state index contributed by atoms with van der Waals surface area (Å²) in [5.41, 5.74) is 4.17. The fourth-order valence-corrected chi connectivity index (χ4v) is 4.60. The van der Waals surface area contributed by atoms with Gasteiger partial charge in [0.15, 0.2) is 5.69 Å². The molecule has 0 bridgehead atoms. The molecule has 34 heavy (non-hydrogen) atoms. The maximum atomic E-state index is 14.1. The van der Waals surface area contributed by atoms with Crippen LogP contribution in [0.1, 0.15) is 16.1 Å². The van der Waals surface area contributed by atoms with E-state index in [0.717, 1.165) is 36.5 Å². The van der Waals surface area contributed by atoms with Crippen molar-refractivity contribution in [3.05, 3.63) is 102 Å². The highest BCUT2D eigenvalue weighted by Gasteiger charge is 2.33. The van der Waals surface area contributed by atoms with Gasteiger partial charge in [-0.25, -0.2) is 0 Å². The normalized spacial score (nSPS) is 15.8. The zero-order valence-corrected chi connectivity index (χ0v) is 19.2. The second kappa shape index (κ2) is 9.93. The van der Waals surface area contributed by atoms with E-state index < -0.39 is 0 Å². The monoisotopic (exact) mass is 452 g/mol. The predicted octanol–water partition coefficient (Wildman–Crippen LogP) is 4.20. The van der Waals surface area contributed by atoms with Crippen molar-refractivity contribution in [1.29, 1.82) is 0 Å². The summed E-state index contributed by atoms with van der Waals surface area (Å²) in [6.07, 6.45) is 0.788. The van der Waals surface area contributed by atoms with Crippen LogP contribution in [-0.2, 0) is 6.42 Å². The third kappa shape index (κ3) is 4.32. The Kier molecular flexibility index (Phi) is 6.40. The molecule has 2 heterocycles. The maximum absolute atomic E-state index is 14.1. The predicted molar refractivity (Wildman–Crippen MR) is 133 cm³/mol. The van der Waals surface area contributed by atoms with Crippen molar-refractivity contribution in [3.8, 4) is 23.0 Å². The molecule has 0 saturated carbocycles. The summed E-state index contributed by atoms with van der Waals surface area (Å²) in [6, 6.07) is 30.6. The van der Waals surface area contributed by atoms with Gasteiger partial charge in [0.25, 0.3) is 5.91 Å². The van der Waals surface area contributed by atoms with Crippen LogP contribution in [0.15, 0.2) is 91.0 Å². The van der Waals surface area contributed by atoms with Crippen molar-refractivity contribution in [3.63, 3.8) is 0 Å². The number of hydrogen-bond acceptors (Lipinski definition) is 4. The molecular weight excluding hydrogens is 424 g/mol. The lowest BCUT2D eigenvalue weighted by Gasteiger charge is -2.36. The molecule has 0 radical (unpaired) electrons. The highest BCUT2D eigenvalue weighted by molar-refractivity contribution is 5.99. The lowest BCUT2D eigenvalue weighted by Crippen LogP contribution is -2.54. The minimum atomic E-state index is -0.0748. The zero-order chi connectivity index (χ0) is 23.3. The highest BCUT2D eigenvalue weighted by Crippen LogP contribution is 2.33. The van der Waals surface area contributed by atoms with E-state index in [9.17, 15) is 4.79 Å². The molecule has 1 aliphatic heterocycles. The molecule has 1 saturated heterocycles. The van der Waals surface area contributed by atoms with Crippen molar-refractivity contribution < 1.29 is 9.53 Å². The van der Waals surface area contributed by atoms with Gasteiger partial charge in [0.05, 0.1) is 18.5 Å². The number of benzene rings is 3. The van der Waals surface area contributed by atoms with Crippen LogP contribution in [0.4, 0.5) is 0 Å². The van der Waals surface area contributed by atoms with E-state index in [1.807, 2.05) is 88.3 Å². The van der Waals surface area contributed by atoms with Crippen LogP contribution in [0.5, 0.6) is 6.01 Å². The fraction of sp³-hybridized carbons (Fsp3) is 0.214. The van der Waals surface area contributed by atoms with Crippen LogP contribution in [0.25, 0.3) is 16.9 Å². The standard InChI is InChI=1S/C28H28N4O2/c1-34-28-30-25(26(22-13-7-3-8-14-22)32(28)23-15-9-4-10-16-23)27(33)31-18-17-29-20-24(31)19-21-11-5-2-6-12-21/h2-16,24,29H,17-20H2,1H3/t24-/m1/s1. The third-order valence-electron chi connectivity index (χ3n) is 6.22. The number of aromatic nitrogens is 2. The van der Waals surface area contributed by atoms with Crippen LogP contribution >= 0.6 is 0 Å². The van der Waals surface area contributed by atoms with Gasteiger partial charge in [0, 0.05) is 31.2 Å². The SMILES string of the molecule is COc1nc(C(=O)N2CCNC[C@H]2Cc2ccccc2)c(-c2ccccc2)n1-c1ccccc1. The molecule has 1 aliphatic rings. The molecule has 172 valence electrons. The molecule has 5 rings (SSSR count). The van der Waals surface area contributed by atoms with Crippen LogP contribution in [0, 0.1) is 0 Å². The molecule has 1 amide bonds. The van der Waals surface area contributed by atoms with Crippen LogP contribution in [0.2, 0.25) is 0 Å². The molecule has 1 N–H and O–H groups in total. The van der Waals surface area contributed by atoms with Gasteiger partial charge in [-0.05, 0) is 24.1 Å². The molecule has 1 atom stereocenters. The summed E-state index contributed by atoms with van der Waals surface area (Å²) < 4.78 is 7.60. The van der Waals surface area contributed by atoms with E-state index in [0.29, 0.717) is 18.2 Å². The number of hydrogen-bond donors (Lipinski definition) is 1. The van der Waals surface area contributed by atoms with Crippen LogP contribution in [-0.4, -0.2) is 53.1 Å². The number of nitrogens with one attached hydrogen (secondary N) is 1. The Morgan fingerprint density at radius 1 is 0.971 bits per heavy atom. The van der Waals surface area contributed by atoms with Crippen molar-refractivity contribution in [2.45, 2.75) is 12.5 Å². The van der Waals surface area contributed by atoms with E-state index in [1.165, 1.54) is 5.56 Å². The van der Waals surface area contributed by atoms with Crippen molar-refractivity contribution in [2.75, 3.05) is 26.7 Å². The lowest BCUT2D eigenvalue weighted by atomic mass is 10.0. The van der Waals surface area contributed by atoms with E-state index in [2.05, 4.69) is 17.4 Å².